The molecule has 0 atom stereocenters. The van der Waals surface area contributed by atoms with E-state index in [1.54, 1.807) is 87.0 Å². The highest BCUT2D eigenvalue weighted by atomic mass is 35.5. The minimum atomic E-state index is -0.504. The molecular formula is C24H19ClO5. The van der Waals surface area contributed by atoms with Crippen LogP contribution in [0.25, 0.3) is 6.08 Å². The summed E-state index contributed by atoms with van der Waals surface area (Å²) in [5.74, 6) is 0.926. The molecule has 0 spiro atoms. The monoisotopic (exact) mass is 422 g/mol. The third-order valence-electron chi connectivity index (χ3n) is 4.28. The summed E-state index contributed by atoms with van der Waals surface area (Å²) in [6.07, 6.45) is 3.12. The van der Waals surface area contributed by atoms with Crippen LogP contribution in [-0.2, 0) is 0 Å². The van der Waals surface area contributed by atoms with Crippen molar-refractivity contribution in [3.05, 3.63) is 94.5 Å². The zero-order chi connectivity index (χ0) is 21.5. The second kappa shape index (κ2) is 9.76. The lowest BCUT2D eigenvalue weighted by Gasteiger charge is -2.07. The Morgan fingerprint density at radius 3 is 2.07 bits per heavy atom. The lowest BCUT2D eigenvalue weighted by atomic mass is 10.1. The molecule has 5 nitrogen and oxygen atoms in total. The predicted octanol–water partition coefficient (Wildman–Crippen LogP) is 5.47. The molecule has 0 saturated carbocycles. The Balaban J connectivity index is 1.68. The number of carbonyl (C=O) groups is 2. The van der Waals surface area contributed by atoms with E-state index in [0.29, 0.717) is 33.4 Å². The largest absolute Gasteiger partial charge is 0.497 e. The van der Waals surface area contributed by atoms with Gasteiger partial charge in [0.05, 0.1) is 19.8 Å². The second-order valence-electron chi connectivity index (χ2n) is 6.23. The average Bonchev–Trinajstić information content (AvgIpc) is 2.78. The quantitative estimate of drug-likeness (QED) is 0.218. The van der Waals surface area contributed by atoms with Gasteiger partial charge in [-0.15, -0.1) is 0 Å². The van der Waals surface area contributed by atoms with Crippen molar-refractivity contribution in [3.63, 3.8) is 0 Å². The number of ether oxygens (including phenoxy) is 3. The SMILES string of the molecule is COc1ccc(OC)c(C=CC(=O)c2ccc(OC(=O)c3ccc(Cl)cc3)cc2)c1. The summed E-state index contributed by atoms with van der Waals surface area (Å²) >= 11 is 5.82. The minimum Gasteiger partial charge on any atom is -0.497 e. The van der Waals surface area contributed by atoms with Crippen molar-refractivity contribution in [1.29, 1.82) is 0 Å². The number of ketones is 1. The van der Waals surface area contributed by atoms with E-state index >= 15 is 0 Å². The zero-order valence-corrected chi connectivity index (χ0v) is 17.2. The second-order valence-corrected chi connectivity index (χ2v) is 6.66. The standard InChI is InChI=1S/C24H19ClO5/c1-28-21-12-14-23(29-2)18(15-21)7-13-22(26)16-5-10-20(11-6-16)30-24(27)17-3-8-19(25)9-4-17/h3-15H,1-2H3. The highest BCUT2D eigenvalue weighted by Crippen LogP contribution is 2.25. The summed E-state index contributed by atoms with van der Waals surface area (Å²) < 4.78 is 15.8. The van der Waals surface area contributed by atoms with Crippen LogP contribution < -0.4 is 14.2 Å². The number of rotatable bonds is 7. The van der Waals surface area contributed by atoms with E-state index in [1.165, 1.54) is 6.08 Å². The van der Waals surface area contributed by atoms with Gasteiger partial charge in [-0.3, -0.25) is 4.79 Å². The summed E-state index contributed by atoms with van der Waals surface area (Å²) in [5, 5.41) is 0.536. The number of carbonyl (C=O) groups excluding carboxylic acids is 2. The Labute approximate surface area is 179 Å². The smallest absolute Gasteiger partial charge is 0.343 e. The molecule has 0 aliphatic carbocycles. The Hall–Kier alpha value is -3.57. The molecule has 0 heterocycles. The molecule has 0 unspecified atom stereocenters. The van der Waals surface area contributed by atoms with Crippen molar-refractivity contribution < 1.29 is 23.8 Å². The van der Waals surface area contributed by atoms with Crippen LogP contribution in [0.3, 0.4) is 0 Å². The van der Waals surface area contributed by atoms with Gasteiger partial charge in [0, 0.05) is 16.1 Å². The van der Waals surface area contributed by atoms with Crippen molar-refractivity contribution >= 4 is 29.4 Å². The van der Waals surface area contributed by atoms with Crippen molar-refractivity contribution in [3.8, 4) is 17.2 Å². The van der Waals surface area contributed by atoms with Crippen molar-refractivity contribution in [2.45, 2.75) is 0 Å². The van der Waals surface area contributed by atoms with Crippen molar-refractivity contribution in [2.75, 3.05) is 14.2 Å². The fourth-order valence-electron chi connectivity index (χ4n) is 2.67. The maximum atomic E-state index is 12.5. The first-order valence-corrected chi connectivity index (χ1v) is 9.40. The average molecular weight is 423 g/mol. The molecule has 0 bridgehead atoms. The number of hydrogen-bond donors (Lipinski definition) is 0. The van der Waals surface area contributed by atoms with Crippen LogP contribution in [0.2, 0.25) is 5.02 Å². The molecule has 0 radical (unpaired) electrons. The molecule has 3 rings (SSSR count). The molecule has 0 amide bonds. The van der Waals surface area contributed by atoms with Gasteiger partial charge >= 0.3 is 5.97 Å². The molecule has 0 aliphatic rings. The molecule has 0 N–H and O–H groups in total. The summed E-state index contributed by atoms with van der Waals surface area (Å²) in [7, 11) is 3.13. The topological polar surface area (TPSA) is 61.8 Å². The summed E-state index contributed by atoms with van der Waals surface area (Å²) in [5.41, 5.74) is 1.56. The van der Waals surface area contributed by atoms with E-state index in [4.69, 9.17) is 25.8 Å². The molecule has 0 fully saturated rings. The lowest BCUT2D eigenvalue weighted by molar-refractivity contribution is 0.0734. The molecule has 152 valence electrons. The number of benzene rings is 3. The van der Waals surface area contributed by atoms with Gasteiger partial charge in [-0.1, -0.05) is 11.6 Å². The molecule has 30 heavy (non-hydrogen) atoms. The highest BCUT2D eigenvalue weighted by Gasteiger charge is 2.10. The van der Waals surface area contributed by atoms with Crippen LogP contribution in [0.5, 0.6) is 17.2 Å². The summed E-state index contributed by atoms with van der Waals surface area (Å²) in [6, 6.07) is 18.1. The van der Waals surface area contributed by atoms with Crippen LogP contribution in [-0.4, -0.2) is 26.0 Å². The number of esters is 1. The number of allylic oxidation sites excluding steroid dienone is 1. The van der Waals surface area contributed by atoms with Gasteiger partial charge in [0.25, 0.3) is 0 Å². The molecule has 0 saturated heterocycles. The fourth-order valence-corrected chi connectivity index (χ4v) is 2.80. The molecule has 3 aromatic rings. The summed E-state index contributed by atoms with van der Waals surface area (Å²) in [4.78, 5) is 24.6. The molecule has 3 aromatic carbocycles. The zero-order valence-electron chi connectivity index (χ0n) is 16.4. The maximum Gasteiger partial charge on any atom is 0.343 e. The van der Waals surface area contributed by atoms with Gasteiger partial charge in [0.2, 0.25) is 0 Å². The maximum absolute atomic E-state index is 12.5. The normalized spacial score (nSPS) is 10.6. The Morgan fingerprint density at radius 2 is 1.43 bits per heavy atom. The first-order chi connectivity index (χ1) is 14.5. The first-order valence-electron chi connectivity index (χ1n) is 9.02. The van der Waals surface area contributed by atoms with Crippen LogP contribution in [0.1, 0.15) is 26.3 Å². The van der Waals surface area contributed by atoms with Gasteiger partial charge in [-0.2, -0.15) is 0 Å². The first kappa shape index (κ1) is 21.1. The number of methoxy groups -OCH3 is 2. The number of halogens is 1. The van der Waals surface area contributed by atoms with Crippen molar-refractivity contribution in [1.82, 2.24) is 0 Å². The number of hydrogen-bond acceptors (Lipinski definition) is 5. The summed E-state index contributed by atoms with van der Waals surface area (Å²) in [6.45, 7) is 0. The third-order valence-corrected chi connectivity index (χ3v) is 4.53. The van der Waals surface area contributed by atoms with Crippen LogP contribution in [0, 0.1) is 0 Å². The third kappa shape index (κ3) is 5.27. The van der Waals surface area contributed by atoms with E-state index in [1.807, 2.05) is 0 Å². The van der Waals surface area contributed by atoms with Crippen LogP contribution in [0.4, 0.5) is 0 Å². The van der Waals surface area contributed by atoms with E-state index in [-0.39, 0.29) is 5.78 Å². The molecule has 0 aromatic heterocycles. The predicted molar refractivity (Wildman–Crippen MR) is 116 cm³/mol. The lowest BCUT2D eigenvalue weighted by Crippen LogP contribution is -2.08. The Bertz CT molecular complexity index is 1070. The van der Waals surface area contributed by atoms with E-state index in [2.05, 4.69) is 0 Å². The van der Waals surface area contributed by atoms with Gasteiger partial charge in [-0.25, -0.2) is 4.79 Å². The van der Waals surface area contributed by atoms with Gasteiger partial charge in [0.15, 0.2) is 5.78 Å². The molecule has 0 aliphatic heterocycles. The molecular weight excluding hydrogens is 404 g/mol. The van der Waals surface area contributed by atoms with E-state index in [9.17, 15) is 9.59 Å². The van der Waals surface area contributed by atoms with Crippen LogP contribution in [0.15, 0.2) is 72.8 Å². The Morgan fingerprint density at radius 1 is 0.800 bits per heavy atom. The minimum absolute atomic E-state index is 0.199. The highest BCUT2D eigenvalue weighted by molar-refractivity contribution is 6.30. The fraction of sp³-hybridized carbons (Fsp3) is 0.0833. The Kier molecular flexibility index (Phi) is 6.88. The van der Waals surface area contributed by atoms with Crippen LogP contribution >= 0.6 is 11.6 Å². The van der Waals surface area contributed by atoms with Crippen molar-refractivity contribution in [2.24, 2.45) is 0 Å². The van der Waals surface area contributed by atoms with Gasteiger partial charge in [0.1, 0.15) is 17.2 Å². The van der Waals surface area contributed by atoms with E-state index in [0.717, 1.165) is 5.56 Å². The van der Waals surface area contributed by atoms with E-state index < -0.39 is 5.97 Å². The molecule has 6 heteroatoms. The van der Waals surface area contributed by atoms with Gasteiger partial charge < -0.3 is 14.2 Å². The van der Waals surface area contributed by atoms with Gasteiger partial charge in [-0.05, 0) is 78.9 Å².